The predicted octanol–water partition coefficient (Wildman–Crippen LogP) is 3.60. The zero-order valence-electron chi connectivity index (χ0n) is 10.7. The van der Waals surface area contributed by atoms with Crippen molar-refractivity contribution in [3.05, 3.63) is 35.9 Å². The molecular formula is C15H24N+. The Kier molecular flexibility index (Phi) is 3.65. The highest BCUT2D eigenvalue weighted by Gasteiger charge is 2.32. The van der Waals surface area contributed by atoms with Gasteiger partial charge >= 0.3 is 0 Å². The van der Waals surface area contributed by atoms with Gasteiger partial charge in [-0.2, -0.15) is 0 Å². The smallest absolute Gasteiger partial charge is 0.105 e. The van der Waals surface area contributed by atoms with Crippen LogP contribution in [0.5, 0.6) is 0 Å². The van der Waals surface area contributed by atoms with E-state index in [1.165, 1.54) is 48.9 Å². The number of piperidine rings is 1. The van der Waals surface area contributed by atoms with E-state index in [0.29, 0.717) is 0 Å². The Bertz CT molecular complexity index is 309. The standard InChI is InChI=1S/C15H24N/c1-14(2)16(11-7-4-8-12-16)13-15-9-5-3-6-10-15/h3,5-6,9-10,14H,4,7-8,11-13H2,1-2H3/q+1. The van der Waals surface area contributed by atoms with E-state index in [4.69, 9.17) is 0 Å². The molecule has 1 heterocycles. The van der Waals surface area contributed by atoms with Crippen LogP contribution in [0.3, 0.4) is 0 Å². The minimum Gasteiger partial charge on any atom is -0.318 e. The van der Waals surface area contributed by atoms with Crippen molar-refractivity contribution in [2.45, 2.75) is 45.7 Å². The molecule has 0 spiro atoms. The molecule has 1 saturated heterocycles. The van der Waals surface area contributed by atoms with Crippen LogP contribution in [0.15, 0.2) is 30.3 Å². The molecule has 2 rings (SSSR count). The predicted molar refractivity (Wildman–Crippen MR) is 69.1 cm³/mol. The summed E-state index contributed by atoms with van der Waals surface area (Å²) in [5.74, 6) is 0. The minimum atomic E-state index is 0.750. The van der Waals surface area contributed by atoms with Gasteiger partial charge < -0.3 is 4.48 Å². The van der Waals surface area contributed by atoms with Crippen molar-refractivity contribution < 1.29 is 4.48 Å². The Hall–Kier alpha value is -0.820. The van der Waals surface area contributed by atoms with E-state index in [2.05, 4.69) is 44.2 Å². The molecule has 0 atom stereocenters. The fourth-order valence-electron chi connectivity index (χ4n) is 2.95. The lowest BCUT2D eigenvalue weighted by Gasteiger charge is -2.45. The van der Waals surface area contributed by atoms with E-state index in [1.54, 1.807) is 0 Å². The monoisotopic (exact) mass is 218 g/mol. The topological polar surface area (TPSA) is 0 Å². The molecule has 1 aromatic carbocycles. The summed E-state index contributed by atoms with van der Waals surface area (Å²) in [5, 5.41) is 0. The highest BCUT2D eigenvalue weighted by atomic mass is 15.4. The van der Waals surface area contributed by atoms with Crippen molar-refractivity contribution in [1.82, 2.24) is 0 Å². The minimum absolute atomic E-state index is 0.750. The van der Waals surface area contributed by atoms with Gasteiger partial charge in [0, 0.05) is 5.56 Å². The number of benzene rings is 1. The van der Waals surface area contributed by atoms with Crippen LogP contribution in [0.2, 0.25) is 0 Å². The average Bonchev–Trinajstić information content (AvgIpc) is 2.31. The third-order valence-electron chi connectivity index (χ3n) is 4.14. The number of likely N-dealkylation sites (tertiary alicyclic amines) is 1. The van der Waals surface area contributed by atoms with Gasteiger partial charge in [0.25, 0.3) is 0 Å². The second-order valence-corrected chi connectivity index (χ2v) is 5.46. The Morgan fingerprint density at radius 1 is 1.00 bits per heavy atom. The molecule has 16 heavy (non-hydrogen) atoms. The van der Waals surface area contributed by atoms with E-state index in [9.17, 15) is 0 Å². The lowest BCUT2D eigenvalue weighted by molar-refractivity contribution is -0.964. The van der Waals surface area contributed by atoms with E-state index >= 15 is 0 Å². The average molecular weight is 218 g/mol. The Balaban J connectivity index is 2.14. The van der Waals surface area contributed by atoms with Crippen molar-refractivity contribution >= 4 is 0 Å². The number of hydrogen-bond acceptors (Lipinski definition) is 0. The molecule has 0 N–H and O–H groups in total. The summed E-state index contributed by atoms with van der Waals surface area (Å²) in [6.07, 6.45) is 4.25. The lowest BCUT2D eigenvalue weighted by Crippen LogP contribution is -2.55. The first kappa shape index (κ1) is 11.7. The second kappa shape index (κ2) is 5.01. The van der Waals surface area contributed by atoms with Gasteiger partial charge in [0.15, 0.2) is 0 Å². The van der Waals surface area contributed by atoms with Crippen LogP contribution in [0.1, 0.15) is 38.7 Å². The van der Waals surface area contributed by atoms with Crippen molar-refractivity contribution in [1.29, 1.82) is 0 Å². The Morgan fingerprint density at radius 2 is 1.62 bits per heavy atom. The van der Waals surface area contributed by atoms with Gasteiger partial charge in [-0.25, -0.2) is 0 Å². The van der Waals surface area contributed by atoms with Crippen LogP contribution in [0.25, 0.3) is 0 Å². The maximum Gasteiger partial charge on any atom is 0.105 e. The molecule has 0 unspecified atom stereocenters. The third kappa shape index (κ3) is 2.46. The van der Waals surface area contributed by atoms with E-state index < -0.39 is 0 Å². The van der Waals surface area contributed by atoms with Gasteiger partial charge in [-0.3, -0.25) is 0 Å². The van der Waals surface area contributed by atoms with Crippen LogP contribution in [-0.4, -0.2) is 23.6 Å². The normalized spacial score (nSPS) is 19.9. The Labute approximate surface area is 99.7 Å². The highest BCUT2D eigenvalue weighted by molar-refractivity contribution is 5.13. The van der Waals surface area contributed by atoms with Crippen molar-refractivity contribution in [3.63, 3.8) is 0 Å². The number of hydrogen-bond donors (Lipinski definition) is 0. The molecule has 0 saturated carbocycles. The lowest BCUT2D eigenvalue weighted by atomic mass is 10.0. The first-order valence-corrected chi connectivity index (χ1v) is 6.63. The molecular weight excluding hydrogens is 194 g/mol. The summed E-state index contributed by atoms with van der Waals surface area (Å²) in [4.78, 5) is 0. The van der Waals surface area contributed by atoms with Crippen LogP contribution >= 0.6 is 0 Å². The summed E-state index contributed by atoms with van der Waals surface area (Å²) in [6.45, 7) is 8.72. The van der Waals surface area contributed by atoms with Crippen LogP contribution in [-0.2, 0) is 6.54 Å². The molecule has 1 fully saturated rings. The SMILES string of the molecule is CC(C)[N+]1(Cc2ccccc2)CCCCC1. The largest absolute Gasteiger partial charge is 0.318 e. The van der Waals surface area contributed by atoms with E-state index in [1.807, 2.05) is 0 Å². The number of nitrogens with zero attached hydrogens (tertiary/aromatic N) is 1. The molecule has 0 bridgehead atoms. The maximum atomic E-state index is 2.38. The number of quaternary nitrogens is 1. The molecule has 1 aliphatic heterocycles. The molecule has 1 aromatic rings. The summed E-state index contributed by atoms with van der Waals surface area (Å²) in [5.41, 5.74) is 1.50. The fraction of sp³-hybridized carbons (Fsp3) is 0.600. The van der Waals surface area contributed by atoms with Gasteiger partial charge in [0.05, 0.1) is 19.1 Å². The van der Waals surface area contributed by atoms with Crippen LogP contribution in [0.4, 0.5) is 0 Å². The molecule has 1 nitrogen and oxygen atoms in total. The quantitative estimate of drug-likeness (QED) is 0.680. The van der Waals surface area contributed by atoms with Crippen molar-refractivity contribution in [2.75, 3.05) is 13.1 Å². The van der Waals surface area contributed by atoms with Gasteiger partial charge in [-0.15, -0.1) is 0 Å². The first-order chi connectivity index (χ1) is 7.73. The van der Waals surface area contributed by atoms with Gasteiger partial charge in [-0.05, 0) is 33.1 Å². The van der Waals surface area contributed by atoms with Crippen LogP contribution in [0, 0.1) is 0 Å². The molecule has 88 valence electrons. The molecule has 0 aromatic heterocycles. The number of rotatable bonds is 3. The summed E-state index contributed by atoms with van der Waals surface area (Å²) in [7, 11) is 0. The van der Waals surface area contributed by atoms with E-state index in [0.717, 1.165) is 6.04 Å². The summed E-state index contributed by atoms with van der Waals surface area (Å²) >= 11 is 0. The Morgan fingerprint density at radius 3 is 2.19 bits per heavy atom. The molecule has 0 aliphatic carbocycles. The van der Waals surface area contributed by atoms with Crippen molar-refractivity contribution in [2.24, 2.45) is 0 Å². The molecule has 0 radical (unpaired) electrons. The van der Waals surface area contributed by atoms with Gasteiger partial charge in [0.2, 0.25) is 0 Å². The summed E-state index contributed by atoms with van der Waals surface area (Å²) in [6, 6.07) is 11.7. The molecule has 0 amide bonds. The highest BCUT2D eigenvalue weighted by Crippen LogP contribution is 2.26. The summed E-state index contributed by atoms with van der Waals surface area (Å²) < 4.78 is 1.30. The van der Waals surface area contributed by atoms with Crippen LogP contribution < -0.4 is 0 Å². The second-order valence-electron chi connectivity index (χ2n) is 5.46. The molecule has 1 aliphatic rings. The third-order valence-corrected chi connectivity index (χ3v) is 4.14. The molecule has 1 heteroatoms. The first-order valence-electron chi connectivity index (χ1n) is 6.63. The maximum absolute atomic E-state index is 2.38. The zero-order chi connectivity index (χ0) is 11.4. The van der Waals surface area contributed by atoms with Gasteiger partial charge in [-0.1, -0.05) is 30.3 Å². The van der Waals surface area contributed by atoms with E-state index in [-0.39, 0.29) is 0 Å². The van der Waals surface area contributed by atoms with Crippen molar-refractivity contribution in [3.8, 4) is 0 Å². The zero-order valence-corrected chi connectivity index (χ0v) is 10.7. The fourth-order valence-corrected chi connectivity index (χ4v) is 2.95. The van der Waals surface area contributed by atoms with Gasteiger partial charge in [0.1, 0.15) is 6.54 Å².